The van der Waals surface area contributed by atoms with E-state index in [4.69, 9.17) is 4.42 Å². The van der Waals surface area contributed by atoms with Gasteiger partial charge in [0.05, 0.1) is 5.39 Å². The smallest absolute Gasteiger partial charge is 0.255 e. The van der Waals surface area contributed by atoms with Crippen LogP contribution in [0.25, 0.3) is 22.3 Å². The number of aryl methyl sites for hydroxylation is 1. The van der Waals surface area contributed by atoms with E-state index in [1.165, 1.54) is 6.07 Å². The highest BCUT2D eigenvalue weighted by Crippen LogP contribution is 2.26. The van der Waals surface area contributed by atoms with E-state index in [0.717, 1.165) is 11.1 Å². The summed E-state index contributed by atoms with van der Waals surface area (Å²) in [6.45, 7) is 1.97. The van der Waals surface area contributed by atoms with Crippen molar-refractivity contribution in [2.24, 2.45) is 0 Å². The van der Waals surface area contributed by atoms with Crippen molar-refractivity contribution >= 4 is 22.6 Å². The maximum absolute atomic E-state index is 12.6. The van der Waals surface area contributed by atoms with E-state index in [1.54, 1.807) is 42.7 Å². The van der Waals surface area contributed by atoms with E-state index in [2.05, 4.69) is 10.3 Å². The third-order valence-corrected chi connectivity index (χ3v) is 4.34. The number of benzene rings is 2. The lowest BCUT2D eigenvalue weighted by atomic mass is 10.1. The third-order valence-electron chi connectivity index (χ3n) is 4.34. The Bertz CT molecular complexity index is 1200. The van der Waals surface area contributed by atoms with Crippen LogP contribution < -0.4 is 10.7 Å². The Hall–Kier alpha value is -3.73. The Morgan fingerprint density at radius 1 is 1.00 bits per heavy atom. The molecule has 4 aromatic rings. The molecular formula is C22H16N2O3. The van der Waals surface area contributed by atoms with Crippen molar-refractivity contribution in [3.63, 3.8) is 0 Å². The first-order chi connectivity index (χ1) is 13.1. The fourth-order valence-corrected chi connectivity index (χ4v) is 2.92. The molecule has 2 aromatic carbocycles. The van der Waals surface area contributed by atoms with Crippen molar-refractivity contribution in [1.29, 1.82) is 0 Å². The van der Waals surface area contributed by atoms with Crippen molar-refractivity contribution in [3.05, 3.63) is 94.4 Å². The lowest BCUT2D eigenvalue weighted by Gasteiger charge is -2.08. The second kappa shape index (κ2) is 6.88. The van der Waals surface area contributed by atoms with E-state index in [0.29, 0.717) is 28.0 Å². The van der Waals surface area contributed by atoms with Gasteiger partial charge in [-0.15, -0.1) is 0 Å². The van der Waals surface area contributed by atoms with Gasteiger partial charge >= 0.3 is 0 Å². The first kappa shape index (κ1) is 16.7. The van der Waals surface area contributed by atoms with Crippen LogP contribution in [0, 0.1) is 6.92 Å². The fourth-order valence-electron chi connectivity index (χ4n) is 2.92. The molecule has 0 unspecified atom stereocenters. The van der Waals surface area contributed by atoms with Crippen LogP contribution in [-0.4, -0.2) is 10.9 Å². The Labute approximate surface area is 155 Å². The Balaban J connectivity index is 1.71. The van der Waals surface area contributed by atoms with Gasteiger partial charge in [-0.1, -0.05) is 24.3 Å². The summed E-state index contributed by atoms with van der Waals surface area (Å²) in [5.74, 6) is 0.261. The summed E-state index contributed by atoms with van der Waals surface area (Å²) in [5.41, 5.74) is 3.25. The molecule has 132 valence electrons. The van der Waals surface area contributed by atoms with E-state index < -0.39 is 0 Å². The van der Waals surface area contributed by atoms with Crippen molar-refractivity contribution in [1.82, 2.24) is 4.98 Å². The molecule has 0 fully saturated rings. The molecule has 5 heteroatoms. The number of anilines is 1. The summed E-state index contributed by atoms with van der Waals surface area (Å²) in [7, 11) is 0. The molecule has 27 heavy (non-hydrogen) atoms. The van der Waals surface area contributed by atoms with Gasteiger partial charge in [-0.3, -0.25) is 14.6 Å². The summed E-state index contributed by atoms with van der Waals surface area (Å²) in [5, 5.41) is 3.20. The minimum absolute atomic E-state index is 0.158. The summed E-state index contributed by atoms with van der Waals surface area (Å²) in [4.78, 5) is 28.8. The first-order valence-corrected chi connectivity index (χ1v) is 8.47. The number of aromatic nitrogens is 1. The number of nitrogens with zero attached hydrogens (tertiary/aromatic N) is 1. The molecule has 0 aliphatic heterocycles. The number of rotatable bonds is 3. The molecule has 2 aromatic heterocycles. The van der Waals surface area contributed by atoms with Crippen molar-refractivity contribution in [3.8, 4) is 11.3 Å². The van der Waals surface area contributed by atoms with Crippen LogP contribution in [-0.2, 0) is 0 Å². The summed E-state index contributed by atoms with van der Waals surface area (Å²) >= 11 is 0. The minimum Gasteiger partial charge on any atom is -0.456 e. The van der Waals surface area contributed by atoms with Gasteiger partial charge < -0.3 is 9.73 Å². The second-order valence-corrected chi connectivity index (χ2v) is 6.19. The zero-order chi connectivity index (χ0) is 18.8. The van der Waals surface area contributed by atoms with Crippen LogP contribution in [0.3, 0.4) is 0 Å². The topological polar surface area (TPSA) is 72.2 Å². The summed E-state index contributed by atoms with van der Waals surface area (Å²) in [6, 6.07) is 17.5. The lowest BCUT2D eigenvalue weighted by Crippen LogP contribution is -2.12. The molecule has 1 N–H and O–H groups in total. The van der Waals surface area contributed by atoms with Gasteiger partial charge in [-0.2, -0.15) is 0 Å². The quantitative estimate of drug-likeness (QED) is 0.590. The van der Waals surface area contributed by atoms with Crippen LogP contribution in [0.5, 0.6) is 0 Å². The van der Waals surface area contributed by atoms with Gasteiger partial charge in [0, 0.05) is 35.3 Å². The monoisotopic (exact) mass is 356 g/mol. The SMILES string of the molecule is Cc1ccccc1-c1cc(=O)c2cc(NC(=O)c3ccncc3)ccc2o1. The van der Waals surface area contributed by atoms with E-state index in [-0.39, 0.29) is 11.3 Å². The molecular weight excluding hydrogens is 340 g/mol. The van der Waals surface area contributed by atoms with Gasteiger partial charge in [0.25, 0.3) is 5.91 Å². The van der Waals surface area contributed by atoms with E-state index >= 15 is 0 Å². The van der Waals surface area contributed by atoms with Gasteiger partial charge in [0.2, 0.25) is 0 Å². The Morgan fingerprint density at radius 2 is 1.78 bits per heavy atom. The number of fused-ring (bicyclic) bond motifs is 1. The predicted molar refractivity (Wildman–Crippen MR) is 105 cm³/mol. The Kier molecular flexibility index (Phi) is 4.26. The molecule has 0 aliphatic carbocycles. The molecule has 0 saturated heterocycles. The number of carbonyl (C=O) groups excluding carboxylic acids is 1. The molecule has 0 saturated carbocycles. The van der Waals surface area contributed by atoms with Gasteiger partial charge in [-0.25, -0.2) is 0 Å². The molecule has 0 aliphatic rings. The van der Waals surface area contributed by atoms with Crippen LogP contribution in [0.1, 0.15) is 15.9 Å². The maximum Gasteiger partial charge on any atom is 0.255 e. The number of amides is 1. The maximum atomic E-state index is 12.6. The molecule has 0 radical (unpaired) electrons. The second-order valence-electron chi connectivity index (χ2n) is 6.19. The zero-order valence-electron chi connectivity index (χ0n) is 14.6. The summed E-state index contributed by atoms with van der Waals surface area (Å²) < 4.78 is 5.93. The fraction of sp³-hybridized carbons (Fsp3) is 0.0455. The Morgan fingerprint density at radius 3 is 2.56 bits per heavy atom. The highest BCUT2D eigenvalue weighted by Gasteiger charge is 2.11. The predicted octanol–water partition coefficient (Wildman–Crippen LogP) is 4.42. The number of carbonyl (C=O) groups is 1. The van der Waals surface area contributed by atoms with Gasteiger partial charge in [0.15, 0.2) is 5.43 Å². The normalized spacial score (nSPS) is 10.7. The molecule has 1 amide bonds. The van der Waals surface area contributed by atoms with E-state index in [9.17, 15) is 9.59 Å². The minimum atomic E-state index is -0.266. The van der Waals surface area contributed by atoms with Crippen LogP contribution >= 0.6 is 0 Å². The van der Waals surface area contributed by atoms with Gasteiger partial charge in [0.1, 0.15) is 11.3 Å². The lowest BCUT2D eigenvalue weighted by molar-refractivity contribution is 0.102. The van der Waals surface area contributed by atoms with Gasteiger partial charge in [-0.05, 0) is 42.8 Å². The number of hydrogen-bond acceptors (Lipinski definition) is 4. The molecule has 2 heterocycles. The number of nitrogens with one attached hydrogen (secondary N) is 1. The summed E-state index contributed by atoms with van der Waals surface area (Å²) in [6.07, 6.45) is 3.11. The largest absolute Gasteiger partial charge is 0.456 e. The highest BCUT2D eigenvalue weighted by molar-refractivity contribution is 6.04. The van der Waals surface area contributed by atoms with Crippen molar-refractivity contribution < 1.29 is 9.21 Å². The third kappa shape index (κ3) is 3.35. The van der Waals surface area contributed by atoms with Crippen LogP contribution in [0.4, 0.5) is 5.69 Å². The van der Waals surface area contributed by atoms with Crippen LogP contribution in [0.2, 0.25) is 0 Å². The number of hydrogen-bond donors (Lipinski definition) is 1. The molecule has 0 bridgehead atoms. The van der Waals surface area contributed by atoms with Crippen molar-refractivity contribution in [2.75, 3.05) is 5.32 Å². The molecule has 4 rings (SSSR count). The van der Waals surface area contributed by atoms with Crippen LogP contribution in [0.15, 0.2) is 82.3 Å². The first-order valence-electron chi connectivity index (χ1n) is 8.47. The zero-order valence-corrected chi connectivity index (χ0v) is 14.6. The standard InChI is InChI=1S/C22H16N2O3/c1-14-4-2-3-5-17(14)21-13-19(25)18-12-16(6-7-20(18)27-21)24-22(26)15-8-10-23-11-9-15/h2-13H,1H3,(H,24,26). The average Bonchev–Trinajstić information content (AvgIpc) is 2.69. The molecule has 0 spiro atoms. The average molecular weight is 356 g/mol. The van der Waals surface area contributed by atoms with Crippen molar-refractivity contribution in [2.45, 2.75) is 6.92 Å². The number of pyridine rings is 1. The molecule has 5 nitrogen and oxygen atoms in total. The molecule has 0 atom stereocenters. The highest BCUT2D eigenvalue weighted by atomic mass is 16.3. The van der Waals surface area contributed by atoms with E-state index in [1.807, 2.05) is 31.2 Å².